The van der Waals surface area contributed by atoms with Gasteiger partial charge in [0.1, 0.15) is 23.0 Å². The maximum atomic E-state index is 14.1. The van der Waals surface area contributed by atoms with Gasteiger partial charge in [0.25, 0.3) is 0 Å². The summed E-state index contributed by atoms with van der Waals surface area (Å²) in [6.07, 6.45) is 1.65. The van der Waals surface area contributed by atoms with Crippen LogP contribution in [0.2, 0.25) is 0 Å². The Morgan fingerprint density at radius 3 is 2.76 bits per heavy atom. The number of carboxylic acid groups (broad SMARTS) is 1. The lowest BCUT2D eigenvalue weighted by molar-refractivity contribution is -0.140. The van der Waals surface area contributed by atoms with Crippen molar-refractivity contribution in [3.63, 3.8) is 0 Å². The van der Waals surface area contributed by atoms with Gasteiger partial charge in [-0.1, -0.05) is 0 Å². The van der Waals surface area contributed by atoms with Crippen molar-refractivity contribution in [3.05, 3.63) is 42.0 Å². The molecule has 1 atom stereocenters. The summed E-state index contributed by atoms with van der Waals surface area (Å²) in [7, 11) is 3.55. The number of imidazole rings is 1. The number of anilines is 1. The van der Waals surface area contributed by atoms with Gasteiger partial charge in [0.05, 0.1) is 29.2 Å². The molecule has 0 fully saturated rings. The predicted molar refractivity (Wildman–Crippen MR) is 106 cm³/mol. The first-order valence-electron chi connectivity index (χ1n) is 8.83. The second-order valence-corrected chi connectivity index (χ2v) is 6.75. The summed E-state index contributed by atoms with van der Waals surface area (Å²) in [5, 5.41) is 22.6. The normalized spacial score (nSPS) is 12.2. The first-order valence-corrected chi connectivity index (χ1v) is 8.83. The van der Waals surface area contributed by atoms with Gasteiger partial charge >= 0.3 is 5.97 Å². The van der Waals surface area contributed by atoms with E-state index < -0.39 is 17.8 Å². The Balaban J connectivity index is 2.17. The van der Waals surface area contributed by atoms with Crippen LogP contribution in [0.3, 0.4) is 0 Å². The molecule has 146 valence electrons. The third-order valence-corrected chi connectivity index (χ3v) is 4.95. The van der Waals surface area contributed by atoms with Crippen molar-refractivity contribution in [2.75, 3.05) is 12.4 Å². The fourth-order valence-electron chi connectivity index (χ4n) is 3.58. The molecule has 0 aliphatic carbocycles. The van der Waals surface area contributed by atoms with E-state index in [1.807, 2.05) is 17.7 Å². The molecule has 2 N–H and O–H groups in total. The molecule has 1 aromatic carbocycles. The highest BCUT2D eigenvalue weighted by Gasteiger charge is 2.25. The molecule has 0 radical (unpaired) electrons. The van der Waals surface area contributed by atoms with Gasteiger partial charge in [-0.25, -0.2) is 19.2 Å². The SMILES string of the molecule is CNc1nc2c(cc(-c3cc(F)cc(C#N)c3)n2C(C)C(=O)O)c2c1ncn2C. The van der Waals surface area contributed by atoms with E-state index in [9.17, 15) is 19.6 Å². The number of aromatic nitrogens is 4. The number of fused-ring (bicyclic) bond motifs is 3. The van der Waals surface area contributed by atoms with E-state index in [4.69, 9.17) is 0 Å². The van der Waals surface area contributed by atoms with Crippen LogP contribution in [-0.4, -0.2) is 37.2 Å². The van der Waals surface area contributed by atoms with E-state index in [2.05, 4.69) is 15.3 Å². The van der Waals surface area contributed by atoms with Crippen molar-refractivity contribution >= 4 is 33.9 Å². The van der Waals surface area contributed by atoms with Crippen LogP contribution >= 0.6 is 0 Å². The number of nitrogens with zero attached hydrogens (tertiary/aromatic N) is 5. The van der Waals surface area contributed by atoms with Crippen LogP contribution in [0.25, 0.3) is 33.3 Å². The maximum absolute atomic E-state index is 14.1. The number of hydrogen-bond acceptors (Lipinski definition) is 5. The topological polar surface area (TPSA) is 109 Å². The van der Waals surface area contributed by atoms with Crippen molar-refractivity contribution in [2.24, 2.45) is 7.05 Å². The highest BCUT2D eigenvalue weighted by molar-refractivity contribution is 6.08. The lowest BCUT2D eigenvalue weighted by atomic mass is 10.1. The molecule has 4 rings (SSSR count). The van der Waals surface area contributed by atoms with Crippen molar-refractivity contribution in [1.29, 1.82) is 5.26 Å². The number of nitrogens with one attached hydrogen (secondary N) is 1. The van der Waals surface area contributed by atoms with E-state index in [-0.39, 0.29) is 5.56 Å². The van der Waals surface area contributed by atoms with Crippen LogP contribution in [0.4, 0.5) is 10.2 Å². The van der Waals surface area contributed by atoms with Crippen LogP contribution in [0, 0.1) is 17.1 Å². The van der Waals surface area contributed by atoms with Crippen molar-refractivity contribution < 1.29 is 14.3 Å². The molecule has 0 aliphatic rings. The zero-order valence-corrected chi connectivity index (χ0v) is 15.9. The van der Waals surface area contributed by atoms with Gasteiger partial charge in [-0.2, -0.15) is 5.26 Å². The smallest absolute Gasteiger partial charge is 0.326 e. The number of benzene rings is 1. The average Bonchev–Trinajstić information content (AvgIpc) is 3.26. The largest absolute Gasteiger partial charge is 0.480 e. The van der Waals surface area contributed by atoms with Gasteiger partial charge in [-0.05, 0) is 31.2 Å². The molecule has 0 amide bonds. The van der Waals surface area contributed by atoms with Crippen LogP contribution in [0.15, 0.2) is 30.6 Å². The lowest BCUT2D eigenvalue weighted by Gasteiger charge is -2.15. The highest BCUT2D eigenvalue weighted by atomic mass is 19.1. The zero-order valence-electron chi connectivity index (χ0n) is 15.9. The first-order chi connectivity index (χ1) is 13.8. The third kappa shape index (κ3) is 2.77. The molecule has 29 heavy (non-hydrogen) atoms. The van der Waals surface area contributed by atoms with Crippen molar-refractivity contribution in [2.45, 2.75) is 13.0 Å². The molecule has 4 aromatic rings. The molecule has 8 nitrogen and oxygen atoms in total. The number of nitriles is 1. The van der Waals surface area contributed by atoms with E-state index in [0.717, 1.165) is 11.6 Å². The Hall–Kier alpha value is -3.93. The Bertz CT molecular complexity index is 1330. The summed E-state index contributed by atoms with van der Waals surface area (Å²) in [5.41, 5.74) is 2.84. The lowest BCUT2D eigenvalue weighted by Crippen LogP contribution is -2.17. The van der Waals surface area contributed by atoms with Gasteiger partial charge in [-0.15, -0.1) is 0 Å². The quantitative estimate of drug-likeness (QED) is 0.552. The molecule has 0 bridgehead atoms. The summed E-state index contributed by atoms with van der Waals surface area (Å²) in [5.74, 6) is -1.12. The highest BCUT2D eigenvalue weighted by Crippen LogP contribution is 2.36. The maximum Gasteiger partial charge on any atom is 0.326 e. The van der Waals surface area contributed by atoms with Gasteiger partial charge < -0.3 is 19.6 Å². The molecular formula is C20H17FN6O2. The minimum atomic E-state index is -1.06. The molecule has 0 saturated carbocycles. The van der Waals surface area contributed by atoms with Crippen LogP contribution in [-0.2, 0) is 11.8 Å². The zero-order chi connectivity index (χ0) is 20.9. The van der Waals surface area contributed by atoms with Gasteiger partial charge in [0.15, 0.2) is 5.82 Å². The molecule has 9 heteroatoms. The summed E-state index contributed by atoms with van der Waals surface area (Å²) in [6, 6.07) is 6.66. The molecule has 0 saturated heterocycles. The minimum Gasteiger partial charge on any atom is -0.480 e. The second kappa shape index (κ2) is 6.60. The fraction of sp³-hybridized carbons (Fsp3) is 0.200. The third-order valence-electron chi connectivity index (χ3n) is 4.95. The second-order valence-electron chi connectivity index (χ2n) is 6.75. The fourth-order valence-corrected chi connectivity index (χ4v) is 3.58. The van der Waals surface area contributed by atoms with Crippen molar-refractivity contribution in [1.82, 2.24) is 19.1 Å². The molecule has 0 aliphatic heterocycles. The Labute approximate surface area is 164 Å². The van der Waals surface area contributed by atoms with E-state index in [0.29, 0.717) is 33.6 Å². The van der Waals surface area contributed by atoms with Crippen LogP contribution < -0.4 is 5.32 Å². The molecular weight excluding hydrogens is 375 g/mol. The molecule has 1 unspecified atom stereocenters. The molecule has 3 aromatic heterocycles. The van der Waals surface area contributed by atoms with E-state index >= 15 is 0 Å². The monoisotopic (exact) mass is 392 g/mol. The Kier molecular flexibility index (Phi) is 4.19. The average molecular weight is 392 g/mol. The number of aryl methyl sites for hydroxylation is 1. The number of aliphatic carboxylic acids is 1. The summed E-state index contributed by atoms with van der Waals surface area (Å²) < 4.78 is 17.5. The number of halogens is 1. The van der Waals surface area contributed by atoms with Gasteiger partial charge in [0, 0.05) is 25.0 Å². The van der Waals surface area contributed by atoms with Crippen molar-refractivity contribution in [3.8, 4) is 17.3 Å². The minimum absolute atomic E-state index is 0.148. The Morgan fingerprint density at radius 1 is 1.34 bits per heavy atom. The van der Waals surface area contributed by atoms with Gasteiger partial charge in [0.2, 0.25) is 0 Å². The first kappa shape index (κ1) is 18.4. The number of carboxylic acids is 1. The molecule has 3 heterocycles. The standard InChI is InChI=1S/C20H17FN6O2/c1-10(20(28)29)27-15(12-4-11(8-22)5-13(21)6-12)7-14-17-16(24-9-26(17)3)18(23-2)25-19(14)27/h4-7,9-10H,1-3H3,(H,23,25)(H,28,29). The number of pyridine rings is 1. The summed E-state index contributed by atoms with van der Waals surface area (Å²) >= 11 is 0. The van der Waals surface area contributed by atoms with Crippen LogP contribution in [0.5, 0.6) is 0 Å². The van der Waals surface area contributed by atoms with Crippen LogP contribution in [0.1, 0.15) is 18.5 Å². The summed E-state index contributed by atoms with van der Waals surface area (Å²) in [4.78, 5) is 20.8. The predicted octanol–water partition coefficient (Wildman–Crippen LogP) is 3.29. The van der Waals surface area contributed by atoms with Gasteiger partial charge in [-0.3, -0.25) is 0 Å². The molecule has 0 spiro atoms. The Morgan fingerprint density at radius 2 is 2.10 bits per heavy atom. The van der Waals surface area contributed by atoms with E-state index in [1.54, 1.807) is 24.0 Å². The van der Waals surface area contributed by atoms with E-state index in [1.165, 1.54) is 19.1 Å². The number of rotatable bonds is 4. The summed E-state index contributed by atoms with van der Waals surface area (Å²) in [6.45, 7) is 1.53. The number of hydrogen-bond donors (Lipinski definition) is 2. The number of carbonyl (C=O) groups is 1.